The fraction of sp³-hybridized carbons (Fsp3) is 0.400. The second-order valence-electron chi connectivity index (χ2n) is 5.13. The first-order chi connectivity index (χ1) is 9.88. The summed E-state index contributed by atoms with van der Waals surface area (Å²) in [5, 5.41) is 13.9. The molecule has 2 amide bonds. The van der Waals surface area contributed by atoms with Gasteiger partial charge in [-0.05, 0) is 24.1 Å². The maximum absolute atomic E-state index is 11.9. The molecular weight excluding hydrogens is 272 g/mol. The monoisotopic (exact) mass is 292 g/mol. The zero-order valence-electron chi connectivity index (χ0n) is 12.2. The fourth-order valence-electron chi connectivity index (χ4n) is 1.58. The summed E-state index contributed by atoms with van der Waals surface area (Å²) in [4.78, 5) is 33.8. The van der Waals surface area contributed by atoms with Crippen LogP contribution in [0.2, 0.25) is 0 Å². The molecule has 0 bridgehead atoms. The Hall–Kier alpha value is -2.37. The molecule has 21 heavy (non-hydrogen) atoms. The molecule has 6 heteroatoms. The number of nitrogens with one attached hydrogen (secondary N) is 2. The summed E-state index contributed by atoms with van der Waals surface area (Å²) in [7, 11) is 0. The summed E-state index contributed by atoms with van der Waals surface area (Å²) in [5.41, 5.74) is 0.925. The van der Waals surface area contributed by atoms with Crippen LogP contribution in [0.15, 0.2) is 24.3 Å². The van der Waals surface area contributed by atoms with Gasteiger partial charge in [0, 0.05) is 24.2 Å². The van der Waals surface area contributed by atoms with Crippen LogP contribution in [0.5, 0.6) is 0 Å². The maximum Gasteiger partial charge on any atom is 0.303 e. The molecule has 1 aromatic rings. The molecule has 6 nitrogen and oxygen atoms in total. The Labute approximate surface area is 123 Å². The molecular formula is C15H20N2O4. The van der Waals surface area contributed by atoms with Crippen molar-refractivity contribution in [1.29, 1.82) is 0 Å². The Bertz CT molecular complexity index is 526. The second-order valence-corrected chi connectivity index (χ2v) is 5.13. The molecule has 0 aliphatic rings. The molecule has 0 saturated carbocycles. The summed E-state index contributed by atoms with van der Waals surface area (Å²) in [5.74, 6) is -1.26. The summed E-state index contributed by atoms with van der Waals surface area (Å²) in [6.45, 7) is 4.58. The van der Waals surface area contributed by atoms with Crippen LogP contribution in [0.25, 0.3) is 0 Å². The van der Waals surface area contributed by atoms with Gasteiger partial charge in [0.25, 0.3) is 5.91 Å². The van der Waals surface area contributed by atoms with Crippen LogP contribution in [-0.4, -0.2) is 29.4 Å². The first kappa shape index (κ1) is 16.7. The molecule has 0 heterocycles. The van der Waals surface area contributed by atoms with Gasteiger partial charge in [-0.1, -0.05) is 19.9 Å². The molecule has 1 rings (SSSR count). The highest BCUT2D eigenvalue weighted by Crippen LogP contribution is 2.11. The minimum absolute atomic E-state index is 0.0981. The van der Waals surface area contributed by atoms with Gasteiger partial charge >= 0.3 is 5.97 Å². The predicted octanol–water partition coefficient (Wildman–Crippen LogP) is 1.88. The molecule has 0 radical (unpaired) electrons. The topological polar surface area (TPSA) is 95.5 Å². The van der Waals surface area contributed by atoms with E-state index in [2.05, 4.69) is 10.6 Å². The highest BCUT2D eigenvalue weighted by Gasteiger charge is 2.09. The van der Waals surface area contributed by atoms with E-state index < -0.39 is 11.9 Å². The average Bonchev–Trinajstić information content (AvgIpc) is 2.42. The van der Waals surface area contributed by atoms with Crippen molar-refractivity contribution in [3.05, 3.63) is 29.8 Å². The SMILES string of the molecule is CC(C)CNC(=O)c1cccc(NC(=O)CCC(=O)O)c1. The third kappa shape index (κ3) is 6.56. The molecule has 0 unspecified atom stereocenters. The lowest BCUT2D eigenvalue weighted by Crippen LogP contribution is -2.27. The van der Waals surface area contributed by atoms with Crippen LogP contribution in [0.3, 0.4) is 0 Å². The average molecular weight is 292 g/mol. The lowest BCUT2D eigenvalue weighted by atomic mass is 10.1. The van der Waals surface area contributed by atoms with Gasteiger partial charge in [-0.3, -0.25) is 14.4 Å². The Morgan fingerprint density at radius 1 is 1.19 bits per heavy atom. The number of rotatable bonds is 7. The summed E-state index contributed by atoms with van der Waals surface area (Å²) in [6, 6.07) is 6.53. The summed E-state index contributed by atoms with van der Waals surface area (Å²) < 4.78 is 0. The number of carbonyl (C=O) groups is 3. The van der Waals surface area contributed by atoms with Gasteiger partial charge in [-0.15, -0.1) is 0 Å². The summed E-state index contributed by atoms with van der Waals surface area (Å²) in [6.07, 6.45) is -0.320. The molecule has 0 aliphatic carbocycles. The predicted molar refractivity (Wildman–Crippen MR) is 79.1 cm³/mol. The first-order valence-corrected chi connectivity index (χ1v) is 6.78. The van der Waals surface area contributed by atoms with Crippen molar-refractivity contribution in [2.24, 2.45) is 5.92 Å². The molecule has 0 saturated heterocycles. The van der Waals surface area contributed by atoms with Gasteiger partial charge < -0.3 is 15.7 Å². The highest BCUT2D eigenvalue weighted by molar-refractivity contribution is 5.97. The fourth-order valence-corrected chi connectivity index (χ4v) is 1.58. The molecule has 3 N–H and O–H groups in total. The molecule has 114 valence electrons. The van der Waals surface area contributed by atoms with Crippen LogP contribution >= 0.6 is 0 Å². The van der Waals surface area contributed by atoms with E-state index in [1.807, 2.05) is 13.8 Å². The van der Waals surface area contributed by atoms with Crippen LogP contribution in [0, 0.1) is 5.92 Å². The quantitative estimate of drug-likeness (QED) is 0.715. The van der Waals surface area contributed by atoms with Crippen LogP contribution < -0.4 is 10.6 Å². The largest absolute Gasteiger partial charge is 0.481 e. The third-order valence-electron chi connectivity index (χ3n) is 2.65. The summed E-state index contributed by atoms with van der Waals surface area (Å²) >= 11 is 0. The van der Waals surface area contributed by atoms with Crippen molar-refractivity contribution in [3.63, 3.8) is 0 Å². The molecule has 0 fully saturated rings. The van der Waals surface area contributed by atoms with Gasteiger partial charge in [0.15, 0.2) is 0 Å². The number of hydrogen-bond acceptors (Lipinski definition) is 3. The van der Waals surface area contributed by atoms with Crippen molar-refractivity contribution < 1.29 is 19.5 Å². The zero-order valence-corrected chi connectivity index (χ0v) is 12.2. The number of amides is 2. The Kier molecular flexibility index (Phi) is 6.39. The van der Waals surface area contributed by atoms with Gasteiger partial charge in [0.05, 0.1) is 6.42 Å². The number of carboxylic acid groups (broad SMARTS) is 1. The number of anilines is 1. The standard InChI is InChI=1S/C15H20N2O4/c1-10(2)9-16-15(21)11-4-3-5-12(8-11)17-13(18)6-7-14(19)20/h3-5,8,10H,6-7,9H2,1-2H3,(H,16,21)(H,17,18)(H,19,20). The van der Waals surface area contributed by atoms with Crippen molar-refractivity contribution >= 4 is 23.5 Å². The second kappa shape index (κ2) is 8.04. The number of hydrogen-bond donors (Lipinski definition) is 3. The lowest BCUT2D eigenvalue weighted by molar-refractivity contribution is -0.138. The van der Waals surface area contributed by atoms with Gasteiger partial charge in [0.1, 0.15) is 0 Å². The van der Waals surface area contributed by atoms with E-state index in [0.717, 1.165) is 0 Å². The molecule has 0 aromatic heterocycles. The highest BCUT2D eigenvalue weighted by atomic mass is 16.4. The molecule has 0 aliphatic heterocycles. The molecule has 1 aromatic carbocycles. The van der Waals surface area contributed by atoms with Gasteiger partial charge in [-0.25, -0.2) is 0 Å². The maximum atomic E-state index is 11.9. The van der Waals surface area contributed by atoms with E-state index in [1.54, 1.807) is 24.3 Å². The van der Waals surface area contributed by atoms with Crippen LogP contribution in [0.1, 0.15) is 37.0 Å². The van der Waals surface area contributed by atoms with Crippen molar-refractivity contribution in [3.8, 4) is 0 Å². The van der Waals surface area contributed by atoms with Crippen LogP contribution in [0.4, 0.5) is 5.69 Å². The number of benzene rings is 1. The number of carbonyl (C=O) groups excluding carboxylic acids is 2. The Morgan fingerprint density at radius 2 is 1.90 bits per heavy atom. The molecule has 0 spiro atoms. The van der Waals surface area contributed by atoms with Crippen molar-refractivity contribution in [2.45, 2.75) is 26.7 Å². The van der Waals surface area contributed by atoms with Crippen molar-refractivity contribution in [1.82, 2.24) is 5.32 Å². The van der Waals surface area contributed by atoms with Crippen molar-refractivity contribution in [2.75, 3.05) is 11.9 Å². The van der Waals surface area contributed by atoms with E-state index in [4.69, 9.17) is 5.11 Å². The number of carboxylic acids is 1. The minimum Gasteiger partial charge on any atom is -0.481 e. The van der Waals surface area contributed by atoms with E-state index in [0.29, 0.717) is 23.7 Å². The number of aliphatic carboxylic acids is 1. The molecule has 0 atom stereocenters. The normalized spacial score (nSPS) is 10.2. The minimum atomic E-state index is -1.02. The van der Waals surface area contributed by atoms with Crippen LogP contribution in [-0.2, 0) is 9.59 Å². The van der Waals surface area contributed by atoms with E-state index in [1.165, 1.54) is 0 Å². The van der Waals surface area contributed by atoms with E-state index >= 15 is 0 Å². The third-order valence-corrected chi connectivity index (χ3v) is 2.65. The van der Waals surface area contributed by atoms with E-state index in [-0.39, 0.29) is 18.7 Å². The Morgan fingerprint density at radius 3 is 2.52 bits per heavy atom. The van der Waals surface area contributed by atoms with E-state index in [9.17, 15) is 14.4 Å². The van der Waals surface area contributed by atoms with Gasteiger partial charge in [0.2, 0.25) is 5.91 Å². The first-order valence-electron chi connectivity index (χ1n) is 6.78. The zero-order chi connectivity index (χ0) is 15.8. The lowest BCUT2D eigenvalue weighted by Gasteiger charge is -2.09. The Balaban J connectivity index is 2.61. The smallest absolute Gasteiger partial charge is 0.303 e. The van der Waals surface area contributed by atoms with Gasteiger partial charge in [-0.2, -0.15) is 0 Å².